The van der Waals surface area contributed by atoms with E-state index in [2.05, 4.69) is 24.1 Å². The molecule has 1 unspecified atom stereocenters. The van der Waals surface area contributed by atoms with Gasteiger partial charge in [-0.1, -0.05) is 5.16 Å². The number of hydrogen-bond donors (Lipinski definition) is 2. The quantitative estimate of drug-likeness (QED) is 0.314. The standard InChI is InChI=1S/C7H6F2N4O4S/c8-4(9)1-17-12-5(7(15)16)6-10-3-18(13-6)11-2-14/h2-4H,1H2,(H,15,16)/p+1. The fraction of sp³-hybridized carbons (Fsp3) is 0.286. The average molecular weight is 281 g/mol. The molecule has 0 spiro atoms. The van der Waals surface area contributed by atoms with Gasteiger partial charge in [-0.05, 0) is 0 Å². The van der Waals surface area contributed by atoms with E-state index in [4.69, 9.17) is 5.11 Å². The van der Waals surface area contributed by atoms with Gasteiger partial charge in [0, 0.05) is 4.37 Å². The molecule has 1 aromatic rings. The number of aromatic nitrogens is 2. The molecule has 0 aromatic carbocycles. The van der Waals surface area contributed by atoms with E-state index < -0.39 is 35.6 Å². The van der Waals surface area contributed by atoms with Crippen molar-refractivity contribution >= 4 is 28.9 Å². The highest BCUT2D eigenvalue weighted by Gasteiger charge is 2.23. The van der Waals surface area contributed by atoms with Crippen molar-refractivity contribution in [3.63, 3.8) is 0 Å². The summed E-state index contributed by atoms with van der Waals surface area (Å²) >= 11 is 0. The number of rotatable bonds is 7. The highest BCUT2D eigenvalue weighted by Crippen LogP contribution is 2.08. The number of hydrogen-bond acceptors (Lipinski definition) is 6. The molecule has 1 amide bonds. The summed E-state index contributed by atoms with van der Waals surface area (Å²) in [5.74, 6) is -1.84. The lowest BCUT2D eigenvalue weighted by Crippen LogP contribution is -2.17. The number of amides is 1. The van der Waals surface area contributed by atoms with E-state index >= 15 is 0 Å². The van der Waals surface area contributed by atoms with E-state index in [0.29, 0.717) is 6.41 Å². The highest BCUT2D eigenvalue weighted by atomic mass is 32.2. The minimum absolute atomic E-state index is 0.311. The van der Waals surface area contributed by atoms with Crippen LogP contribution in [-0.4, -0.2) is 45.6 Å². The van der Waals surface area contributed by atoms with Gasteiger partial charge in [0.1, 0.15) is 0 Å². The Kier molecular flexibility index (Phi) is 5.05. The minimum Gasteiger partial charge on any atom is -0.476 e. The van der Waals surface area contributed by atoms with Crippen LogP contribution in [0.2, 0.25) is 0 Å². The zero-order valence-corrected chi connectivity index (χ0v) is 9.43. The summed E-state index contributed by atoms with van der Waals surface area (Å²) in [6.45, 7) is -1.04. The Labute approximate surface area is 102 Å². The third-order valence-corrected chi connectivity index (χ3v) is 2.41. The molecule has 98 valence electrons. The fourth-order valence-electron chi connectivity index (χ4n) is 0.784. The topological polar surface area (TPSA) is 114 Å². The van der Waals surface area contributed by atoms with Crippen molar-refractivity contribution in [1.29, 1.82) is 0 Å². The second-order valence-corrected chi connectivity index (χ2v) is 3.89. The van der Waals surface area contributed by atoms with Gasteiger partial charge in [-0.3, -0.25) is 4.79 Å². The van der Waals surface area contributed by atoms with Crippen LogP contribution in [0.5, 0.6) is 0 Å². The van der Waals surface area contributed by atoms with Crippen molar-refractivity contribution in [2.24, 2.45) is 5.16 Å². The van der Waals surface area contributed by atoms with Crippen LogP contribution in [0.3, 0.4) is 0 Å². The molecule has 18 heavy (non-hydrogen) atoms. The van der Waals surface area contributed by atoms with Crippen LogP contribution in [0.25, 0.3) is 0 Å². The van der Waals surface area contributed by atoms with Gasteiger partial charge in [0.15, 0.2) is 6.61 Å². The van der Waals surface area contributed by atoms with Crippen LogP contribution in [-0.2, 0) is 14.4 Å². The maximum Gasteiger partial charge on any atom is 0.362 e. The molecule has 1 heterocycles. The van der Waals surface area contributed by atoms with Gasteiger partial charge in [-0.2, -0.15) is 4.98 Å². The molecular formula is C7H7F2N4O4S+. The molecule has 0 bridgehead atoms. The number of aliphatic carboxylic acids is 1. The van der Waals surface area contributed by atoms with Gasteiger partial charge < -0.3 is 9.94 Å². The van der Waals surface area contributed by atoms with Crippen molar-refractivity contribution in [2.45, 2.75) is 6.43 Å². The van der Waals surface area contributed by atoms with Crippen LogP contribution in [0.15, 0.2) is 10.7 Å². The van der Waals surface area contributed by atoms with E-state index in [1.165, 1.54) is 5.51 Å². The van der Waals surface area contributed by atoms with Crippen molar-refractivity contribution in [3.05, 3.63) is 11.3 Å². The number of carbonyl (C=O) groups excluding carboxylic acids is 1. The predicted molar refractivity (Wildman–Crippen MR) is 56.1 cm³/mol. The van der Waals surface area contributed by atoms with E-state index in [0.717, 1.165) is 0 Å². The maximum absolute atomic E-state index is 11.8. The molecule has 0 saturated heterocycles. The molecule has 0 aliphatic rings. The lowest BCUT2D eigenvalue weighted by Gasteiger charge is -1.97. The highest BCUT2D eigenvalue weighted by molar-refractivity contribution is 7.27. The van der Waals surface area contributed by atoms with Crippen LogP contribution < -0.4 is 4.72 Å². The summed E-state index contributed by atoms with van der Waals surface area (Å²) in [5, 5.41) is 11.8. The number of nitrogens with one attached hydrogen (secondary N) is 1. The zero-order chi connectivity index (χ0) is 13.5. The van der Waals surface area contributed by atoms with Gasteiger partial charge in [0.2, 0.25) is 16.6 Å². The number of carboxylic acid groups (broad SMARTS) is 1. The molecule has 0 saturated carbocycles. The van der Waals surface area contributed by atoms with Gasteiger partial charge in [0.25, 0.3) is 24.2 Å². The lowest BCUT2D eigenvalue weighted by atomic mass is 10.4. The van der Waals surface area contributed by atoms with E-state index in [1.54, 1.807) is 0 Å². The summed E-state index contributed by atoms with van der Waals surface area (Å²) in [6.07, 6.45) is -2.41. The van der Waals surface area contributed by atoms with Gasteiger partial charge in [0.05, 0.1) is 0 Å². The number of oxime groups is 1. The van der Waals surface area contributed by atoms with Crippen LogP contribution in [0, 0.1) is 0 Å². The normalized spacial score (nSPS) is 12.4. The van der Waals surface area contributed by atoms with Crippen molar-refractivity contribution in [2.75, 3.05) is 11.3 Å². The summed E-state index contributed by atoms with van der Waals surface area (Å²) < 4.78 is 29.5. The summed E-state index contributed by atoms with van der Waals surface area (Å²) in [5.41, 5.74) is 0.476. The maximum atomic E-state index is 11.8. The van der Waals surface area contributed by atoms with E-state index in [9.17, 15) is 18.4 Å². The molecule has 1 atom stereocenters. The SMILES string of the molecule is O=CN[s+]1cnc(C(=NOCC(F)F)C(=O)O)n1. The molecule has 2 N–H and O–H groups in total. The van der Waals surface area contributed by atoms with Crippen LogP contribution >= 0.6 is 10.9 Å². The number of nitrogens with zero attached hydrogens (tertiary/aromatic N) is 3. The Morgan fingerprint density at radius 2 is 2.44 bits per heavy atom. The molecule has 1 aromatic heterocycles. The first-order valence-corrected chi connectivity index (χ1v) is 5.56. The molecule has 0 fully saturated rings. The smallest absolute Gasteiger partial charge is 0.362 e. The Balaban J connectivity index is 2.83. The molecule has 0 aliphatic carbocycles. The first-order chi connectivity index (χ1) is 8.54. The largest absolute Gasteiger partial charge is 0.476 e. The first-order valence-electron chi connectivity index (χ1n) is 4.32. The molecular weight excluding hydrogens is 274 g/mol. The molecule has 0 aliphatic heterocycles. The van der Waals surface area contributed by atoms with Gasteiger partial charge in [-0.25, -0.2) is 13.6 Å². The predicted octanol–water partition coefficient (Wildman–Crippen LogP) is -0.00400. The second-order valence-electron chi connectivity index (χ2n) is 2.63. The Morgan fingerprint density at radius 1 is 1.72 bits per heavy atom. The van der Waals surface area contributed by atoms with Crippen LogP contribution in [0.1, 0.15) is 5.82 Å². The number of halogens is 2. The average Bonchev–Trinajstić information content (AvgIpc) is 2.72. The fourth-order valence-corrected chi connectivity index (χ4v) is 1.56. The van der Waals surface area contributed by atoms with E-state index in [-0.39, 0.29) is 5.82 Å². The Bertz CT molecular complexity index is 464. The minimum atomic E-state index is -2.77. The Morgan fingerprint density at radius 3 is 3.00 bits per heavy atom. The lowest BCUT2D eigenvalue weighted by molar-refractivity contribution is -0.129. The van der Waals surface area contributed by atoms with Crippen LogP contribution in [0.4, 0.5) is 8.78 Å². The first kappa shape index (κ1) is 13.9. The molecule has 0 radical (unpaired) electrons. The van der Waals surface area contributed by atoms with Crippen molar-refractivity contribution in [3.8, 4) is 0 Å². The number of alkyl halides is 2. The summed E-state index contributed by atoms with van der Waals surface area (Å²) in [6, 6.07) is 0. The van der Waals surface area contributed by atoms with Crippen molar-refractivity contribution in [1.82, 2.24) is 9.36 Å². The second kappa shape index (κ2) is 6.54. The van der Waals surface area contributed by atoms with Crippen molar-refractivity contribution < 1.29 is 28.3 Å². The molecule has 11 heteroatoms. The van der Waals surface area contributed by atoms with Gasteiger partial charge >= 0.3 is 5.97 Å². The summed E-state index contributed by atoms with van der Waals surface area (Å²) in [7, 11) is -1.08. The van der Waals surface area contributed by atoms with E-state index in [1.807, 2.05) is 0 Å². The number of carbonyl (C=O) groups is 2. The molecule has 8 nitrogen and oxygen atoms in total. The third-order valence-electron chi connectivity index (χ3n) is 1.40. The number of carboxylic acids is 1. The zero-order valence-electron chi connectivity index (χ0n) is 8.62. The Hall–Kier alpha value is -2.17. The molecule has 1 rings (SSSR count). The monoisotopic (exact) mass is 281 g/mol. The van der Waals surface area contributed by atoms with Gasteiger partial charge in [-0.15, -0.1) is 4.72 Å². The third kappa shape index (κ3) is 4.01. The summed E-state index contributed by atoms with van der Waals surface area (Å²) in [4.78, 5) is 28.6.